The van der Waals surface area contributed by atoms with Crippen molar-refractivity contribution < 1.29 is 4.79 Å². The molecule has 3 rings (SSSR count). The molecule has 0 saturated heterocycles. The fourth-order valence-corrected chi connectivity index (χ4v) is 3.73. The van der Waals surface area contributed by atoms with E-state index in [1.54, 1.807) is 11.3 Å². The van der Waals surface area contributed by atoms with E-state index in [0.29, 0.717) is 6.54 Å². The minimum Gasteiger partial charge on any atom is -0.348 e. The summed E-state index contributed by atoms with van der Waals surface area (Å²) in [6.45, 7) is 4.60. The number of nitrogens with zero attached hydrogens (tertiary/aromatic N) is 2. The fourth-order valence-electron chi connectivity index (χ4n) is 2.70. The first-order valence-electron chi connectivity index (χ1n) is 8.44. The van der Waals surface area contributed by atoms with Gasteiger partial charge < -0.3 is 5.32 Å². The second kappa shape index (κ2) is 7.76. The first-order valence-corrected chi connectivity index (χ1v) is 9.26. The topological polar surface area (TPSA) is 45.2 Å². The zero-order valence-corrected chi connectivity index (χ0v) is 15.6. The van der Waals surface area contributed by atoms with Crippen molar-refractivity contribution in [3.63, 3.8) is 0 Å². The van der Waals surface area contributed by atoms with Crippen LogP contribution in [0.1, 0.15) is 30.5 Å². The number of para-hydroxylation sites is 1. The Labute approximate surface area is 152 Å². The van der Waals surface area contributed by atoms with E-state index in [1.165, 1.54) is 4.70 Å². The Morgan fingerprint density at radius 1 is 1.12 bits per heavy atom. The molecule has 0 radical (unpaired) electrons. The number of thiazole rings is 1. The highest BCUT2D eigenvalue weighted by Crippen LogP contribution is 2.23. The van der Waals surface area contributed by atoms with Crippen LogP contribution < -0.4 is 5.32 Å². The monoisotopic (exact) mass is 353 g/mol. The van der Waals surface area contributed by atoms with Gasteiger partial charge in [0.05, 0.1) is 28.8 Å². The number of aromatic nitrogens is 1. The molecule has 130 valence electrons. The molecule has 5 heteroatoms. The first kappa shape index (κ1) is 17.6. The van der Waals surface area contributed by atoms with Crippen LogP contribution in [0.25, 0.3) is 10.2 Å². The lowest BCUT2D eigenvalue weighted by Crippen LogP contribution is -2.43. The zero-order chi connectivity index (χ0) is 17.8. The number of carbonyl (C=O) groups is 1. The third-order valence-electron chi connectivity index (χ3n) is 4.42. The van der Waals surface area contributed by atoms with E-state index in [1.807, 2.05) is 74.3 Å². The van der Waals surface area contributed by atoms with Gasteiger partial charge in [0.1, 0.15) is 5.01 Å². The average molecular weight is 353 g/mol. The fraction of sp³-hybridized carbons (Fsp3) is 0.300. The molecule has 2 aromatic carbocycles. The quantitative estimate of drug-likeness (QED) is 0.729. The van der Waals surface area contributed by atoms with Crippen LogP contribution in [0.3, 0.4) is 0 Å². The number of amides is 1. The van der Waals surface area contributed by atoms with E-state index < -0.39 is 0 Å². The van der Waals surface area contributed by atoms with Gasteiger partial charge in [-0.25, -0.2) is 4.98 Å². The van der Waals surface area contributed by atoms with E-state index in [4.69, 9.17) is 0 Å². The van der Waals surface area contributed by atoms with Crippen molar-refractivity contribution in [2.24, 2.45) is 0 Å². The molecule has 25 heavy (non-hydrogen) atoms. The summed E-state index contributed by atoms with van der Waals surface area (Å²) in [5.74, 6) is 0.0277. The predicted octanol–water partition coefficient (Wildman–Crippen LogP) is 3.99. The van der Waals surface area contributed by atoms with Crippen molar-refractivity contribution in [2.75, 3.05) is 7.05 Å². The van der Waals surface area contributed by atoms with Crippen molar-refractivity contribution in [1.82, 2.24) is 15.2 Å². The first-order chi connectivity index (χ1) is 12.0. The molecule has 2 atom stereocenters. The second-order valence-corrected chi connectivity index (χ2v) is 7.42. The van der Waals surface area contributed by atoms with Crippen molar-refractivity contribution >= 4 is 27.5 Å². The summed E-state index contributed by atoms with van der Waals surface area (Å²) in [5, 5.41) is 4.12. The SMILES string of the molecule is CC(NC(=O)C(C)N(C)Cc1nc2ccccc2s1)c1ccccc1. The summed E-state index contributed by atoms with van der Waals surface area (Å²) < 4.78 is 1.18. The molecule has 2 unspecified atom stereocenters. The third kappa shape index (κ3) is 4.24. The average Bonchev–Trinajstić information content (AvgIpc) is 3.03. The van der Waals surface area contributed by atoms with Crippen molar-refractivity contribution in [3.05, 3.63) is 65.2 Å². The smallest absolute Gasteiger partial charge is 0.237 e. The summed E-state index contributed by atoms with van der Waals surface area (Å²) in [6.07, 6.45) is 0. The van der Waals surface area contributed by atoms with Gasteiger partial charge in [-0.1, -0.05) is 42.5 Å². The van der Waals surface area contributed by atoms with E-state index in [9.17, 15) is 4.79 Å². The second-order valence-electron chi connectivity index (χ2n) is 6.31. The molecule has 0 fully saturated rings. The maximum atomic E-state index is 12.6. The minimum absolute atomic E-state index is 0.00741. The molecule has 0 aliphatic carbocycles. The van der Waals surface area contributed by atoms with Crippen molar-refractivity contribution in [1.29, 1.82) is 0 Å². The maximum absolute atomic E-state index is 12.6. The Balaban J connectivity index is 1.61. The lowest BCUT2D eigenvalue weighted by atomic mass is 10.1. The number of hydrogen-bond donors (Lipinski definition) is 1. The molecule has 1 N–H and O–H groups in total. The Kier molecular flexibility index (Phi) is 5.46. The van der Waals surface area contributed by atoms with Gasteiger partial charge in [-0.2, -0.15) is 0 Å². The molecule has 1 amide bonds. The van der Waals surface area contributed by atoms with Gasteiger partial charge in [0.2, 0.25) is 5.91 Å². The zero-order valence-electron chi connectivity index (χ0n) is 14.8. The van der Waals surface area contributed by atoms with Gasteiger partial charge in [-0.05, 0) is 38.6 Å². The lowest BCUT2D eigenvalue weighted by molar-refractivity contribution is -0.126. The van der Waals surface area contributed by atoms with E-state index >= 15 is 0 Å². The summed E-state index contributed by atoms with van der Waals surface area (Å²) in [6, 6.07) is 17.9. The molecule has 1 heterocycles. The Bertz CT molecular complexity index is 813. The Morgan fingerprint density at radius 2 is 1.80 bits per heavy atom. The highest BCUT2D eigenvalue weighted by molar-refractivity contribution is 7.18. The van der Waals surface area contributed by atoms with Crippen LogP contribution in [-0.2, 0) is 11.3 Å². The molecule has 3 aromatic rings. The lowest BCUT2D eigenvalue weighted by Gasteiger charge is -2.25. The molecule has 0 bridgehead atoms. The van der Waals surface area contributed by atoms with E-state index in [-0.39, 0.29) is 18.0 Å². The summed E-state index contributed by atoms with van der Waals surface area (Å²) in [7, 11) is 1.96. The number of benzene rings is 2. The molecule has 4 nitrogen and oxygen atoms in total. The van der Waals surface area contributed by atoms with Crippen LogP contribution in [0, 0.1) is 0 Å². The highest BCUT2D eigenvalue weighted by atomic mass is 32.1. The van der Waals surface area contributed by atoms with Crippen LogP contribution in [0.4, 0.5) is 0 Å². The highest BCUT2D eigenvalue weighted by Gasteiger charge is 2.21. The van der Waals surface area contributed by atoms with Gasteiger partial charge in [0.15, 0.2) is 0 Å². The number of nitrogens with one attached hydrogen (secondary N) is 1. The van der Waals surface area contributed by atoms with Crippen molar-refractivity contribution in [3.8, 4) is 0 Å². The van der Waals surface area contributed by atoms with Gasteiger partial charge in [0, 0.05) is 0 Å². The van der Waals surface area contributed by atoms with Crippen LogP contribution >= 0.6 is 11.3 Å². The van der Waals surface area contributed by atoms with Crippen LogP contribution in [0.2, 0.25) is 0 Å². The molecule has 0 aliphatic rings. The molecule has 0 aliphatic heterocycles. The number of carbonyl (C=O) groups excluding carboxylic acids is 1. The Hall–Kier alpha value is -2.24. The maximum Gasteiger partial charge on any atom is 0.237 e. The number of hydrogen-bond acceptors (Lipinski definition) is 4. The van der Waals surface area contributed by atoms with E-state index in [0.717, 1.165) is 16.1 Å². The Morgan fingerprint density at radius 3 is 2.52 bits per heavy atom. The molecular weight excluding hydrogens is 330 g/mol. The molecule has 0 spiro atoms. The minimum atomic E-state index is -0.224. The van der Waals surface area contributed by atoms with Crippen LogP contribution in [-0.4, -0.2) is 28.9 Å². The molecule has 1 aromatic heterocycles. The van der Waals surface area contributed by atoms with Crippen molar-refractivity contribution in [2.45, 2.75) is 32.5 Å². The summed E-state index contributed by atoms with van der Waals surface area (Å²) in [5.41, 5.74) is 2.13. The van der Waals surface area contributed by atoms with E-state index in [2.05, 4.69) is 16.4 Å². The molecule has 0 saturated carbocycles. The standard InChI is InChI=1S/C20H23N3OS/c1-14(16-9-5-4-6-10-16)21-20(24)15(2)23(3)13-19-22-17-11-7-8-12-18(17)25-19/h4-12,14-15H,13H2,1-3H3,(H,21,24). The predicted molar refractivity (Wildman–Crippen MR) is 104 cm³/mol. The van der Waals surface area contributed by atoms with Gasteiger partial charge in [0.25, 0.3) is 0 Å². The van der Waals surface area contributed by atoms with Gasteiger partial charge in [-0.3, -0.25) is 9.69 Å². The van der Waals surface area contributed by atoms with Crippen LogP contribution in [0.15, 0.2) is 54.6 Å². The van der Waals surface area contributed by atoms with Gasteiger partial charge >= 0.3 is 0 Å². The third-order valence-corrected chi connectivity index (χ3v) is 5.44. The number of fused-ring (bicyclic) bond motifs is 1. The van der Waals surface area contributed by atoms with Gasteiger partial charge in [-0.15, -0.1) is 11.3 Å². The molecular formula is C20H23N3OS. The summed E-state index contributed by atoms with van der Waals surface area (Å²) >= 11 is 1.68. The number of rotatable bonds is 6. The van der Waals surface area contributed by atoms with Crippen LogP contribution in [0.5, 0.6) is 0 Å². The number of likely N-dealkylation sites (N-methyl/N-ethyl adjacent to an activating group) is 1. The summed E-state index contributed by atoms with van der Waals surface area (Å²) in [4.78, 5) is 19.2. The largest absolute Gasteiger partial charge is 0.348 e. The normalized spacial score (nSPS) is 13.8.